The van der Waals surface area contributed by atoms with Crippen LogP contribution in [0.1, 0.15) is 59.5 Å². The van der Waals surface area contributed by atoms with Gasteiger partial charge in [0.1, 0.15) is 27.3 Å². The number of likely N-dealkylation sites (tertiary alicyclic amines) is 1. The summed E-state index contributed by atoms with van der Waals surface area (Å²) in [7, 11) is 0. The number of fused-ring (bicyclic) bond motifs is 1. The normalized spacial score (nSPS) is 15.3. The summed E-state index contributed by atoms with van der Waals surface area (Å²) in [6, 6.07) is 10.1. The number of benzene rings is 2. The van der Waals surface area contributed by atoms with Crippen LogP contribution in [0.3, 0.4) is 0 Å². The van der Waals surface area contributed by atoms with Gasteiger partial charge in [-0.15, -0.1) is 21.5 Å². The number of pyridine rings is 1. The summed E-state index contributed by atoms with van der Waals surface area (Å²) in [6.45, 7) is 12.0. The lowest BCUT2D eigenvalue weighted by Gasteiger charge is -2.39. The minimum Gasteiger partial charge on any atom is -0.444 e. The maximum atomic E-state index is 15.9. The Morgan fingerprint density at radius 3 is 2.48 bits per heavy atom. The van der Waals surface area contributed by atoms with Crippen molar-refractivity contribution >= 4 is 51.3 Å². The van der Waals surface area contributed by atoms with Gasteiger partial charge >= 0.3 is 6.09 Å². The third-order valence-corrected chi connectivity index (χ3v) is 9.63. The molecule has 0 spiro atoms. The van der Waals surface area contributed by atoms with Crippen molar-refractivity contribution < 1.29 is 18.7 Å². The second-order valence-electron chi connectivity index (χ2n) is 12.5. The van der Waals surface area contributed by atoms with Gasteiger partial charge in [-0.3, -0.25) is 9.69 Å². The SMILES string of the molecule is Cc1ncc(-c2cc(C)c3c(N(C(=O)c4ccc(-c5nnc(C)s5)cc4F)[C@@H]4CCCN(C(=O)OC(C)(C)C)C4)nccc3c2)s1. The molecule has 1 atom stereocenters. The van der Waals surface area contributed by atoms with Crippen LogP contribution in [-0.2, 0) is 4.74 Å². The molecule has 3 aromatic heterocycles. The highest BCUT2D eigenvalue weighted by Crippen LogP contribution is 2.37. The number of rotatable bonds is 5. The number of thiazole rings is 1. The fraction of sp³-hybridized carbons (Fsp3) is 0.353. The molecule has 2 aromatic carbocycles. The molecule has 1 saturated heterocycles. The molecule has 2 amide bonds. The van der Waals surface area contributed by atoms with E-state index < -0.39 is 29.5 Å². The van der Waals surface area contributed by atoms with Crippen molar-refractivity contribution in [3.63, 3.8) is 0 Å². The van der Waals surface area contributed by atoms with Crippen molar-refractivity contribution in [1.82, 2.24) is 25.1 Å². The van der Waals surface area contributed by atoms with Gasteiger partial charge in [0.15, 0.2) is 0 Å². The summed E-state index contributed by atoms with van der Waals surface area (Å²) in [5, 5.41) is 12.2. The fourth-order valence-electron chi connectivity index (χ4n) is 5.78. The third kappa shape index (κ3) is 6.50. The Bertz CT molecular complexity index is 1950. The molecular formula is C34H35FN6O3S2. The van der Waals surface area contributed by atoms with Gasteiger partial charge in [0.05, 0.1) is 21.5 Å². The first kappa shape index (κ1) is 31.7. The minimum absolute atomic E-state index is 0.0902. The average molecular weight is 659 g/mol. The van der Waals surface area contributed by atoms with E-state index in [9.17, 15) is 9.59 Å². The summed E-state index contributed by atoms with van der Waals surface area (Å²) in [4.78, 5) is 41.1. The van der Waals surface area contributed by atoms with Gasteiger partial charge in [-0.25, -0.2) is 19.2 Å². The first-order valence-electron chi connectivity index (χ1n) is 15.1. The Balaban J connectivity index is 1.45. The monoisotopic (exact) mass is 658 g/mol. The van der Waals surface area contributed by atoms with Crippen LogP contribution in [0.4, 0.5) is 15.0 Å². The highest BCUT2D eigenvalue weighted by molar-refractivity contribution is 7.15. The molecule has 5 aromatic rings. The number of piperidine rings is 1. The average Bonchev–Trinajstić information content (AvgIpc) is 3.64. The highest BCUT2D eigenvalue weighted by atomic mass is 32.1. The molecule has 4 heterocycles. The number of halogens is 1. The molecule has 1 aliphatic heterocycles. The molecule has 0 N–H and O–H groups in total. The third-order valence-electron chi connectivity index (χ3n) is 7.78. The van der Waals surface area contributed by atoms with E-state index in [-0.39, 0.29) is 12.1 Å². The molecule has 0 bridgehead atoms. The quantitative estimate of drug-likeness (QED) is 0.189. The van der Waals surface area contributed by atoms with Gasteiger partial charge in [-0.2, -0.15) is 0 Å². The van der Waals surface area contributed by atoms with Crippen LogP contribution in [0.15, 0.2) is 48.8 Å². The molecular weight excluding hydrogens is 624 g/mol. The molecule has 12 heteroatoms. The molecule has 1 aliphatic rings. The minimum atomic E-state index is -0.668. The Morgan fingerprint density at radius 2 is 1.80 bits per heavy atom. The van der Waals surface area contributed by atoms with Gasteiger partial charge in [0.25, 0.3) is 5.91 Å². The number of anilines is 1. The molecule has 6 rings (SSSR count). The van der Waals surface area contributed by atoms with Crippen LogP contribution in [0.2, 0.25) is 0 Å². The molecule has 0 saturated carbocycles. The lowest BCUT2D eigenvalue weighted by Crippen LogP contribution is -2.53. The zero-order chi connectivity index (χ0) is 32.7. The lowest BCUT2D eigenvalue weighted by molar-refractivity contribution is 0.0196. The zero-order valence-electron chi connectivity index (χ0n) is 26.6. The first-order chi connectivity index (χ1) is 21.9. The molecule has 46 heavy (non-hydrogen) atoms. The van der Waals surface area contributed by atoms with E-state index >= 15 is 4.39 Å². The fourth-order valence-corrected chi connectivity index (χ4v) is 7.23. The predicted molar refractivity (Wildman–Crippen MR) is 180 cm³/mol. The predicted octanol–water partition coefficient (Wildman–Crippen LogP) is 7.99. The number of carbonyl (C=O) groups excluding carboxylic acids is 2. The Hall–Kier alpha value is -4.29. The summed E-state index contributed by atoms with van der Waals surface area (Å²) >= 11 is 2.97. The van der Waals surface area contributed by atoms with Crippen LogP contribution in [0, 0.1) is 26.6 Å². The summed E-state index contributed by atoms with van der Waals surface area (Å²) in [5.74, 6) is -0.777. The smallest absolute Gasteiger partial charge is 0.410 e. The van der Waals surface area contributed by atoms with E-state index in [1.165, 1.54) is 23.5 Å². The van der Waals surface area contributed by atoms with Crippen molar-refractivity contribution in [3.8, 4) is 21.0 Å². The van der Waals surface area contributed by atoms with Crippen LogP contribution < -0.4 is 4.90 Å². The second-order valence-corrected chi connectivity index (χ2v) is 14.9. The summed E-state index contributed by atoms with van der Waals surface area (Å²) < 4.78 is 21.5. The van der Waals surface area contributed by atoms with Crippen molar-refractivity contribution in [2.45, 2.75) is 66.0 Å². The molecule has 238 valence electrons. The van der Waals surface area contributed by atoms with Gasteiger partial charge in [-0.1, -0.05) is 17.4 Å². The van der Waals surface area contributed by atoms with E-state index in [0.717, 1.165) is 36.8 Å². The van der Waals surface area contributed by atoms with E-state index in [0.29, 0.717) is 35.8 Å². The van der Waals surface area contributed by atoms with Crippen LogP contribution >= 0.6 is 22.7 Å². The van der Waals surface area contributed by atoms with Gasteiger partial charge in [0.2, 0.25) is 0 Å². The van der Waals surface area contributed by atoms with Crippen molar-refractivity contribution in [3.05, 3.63) is 75.8 Å². The number of nitrogens with zero attached hydrogens (tertiary/aromatic N) is 6. The number of amides is 2. The van der Waals surface area contributed by atoms with E-state index in [4.69, 9.17) is 9.72 Å². The number of ether oxygens (including phenoxy) is 1. The zero-order valence-corrected chi connectivity index (χ0v) is 28.3. The van der Waals surface area contributed by atoms with Crippen molar-refractivity contribution in [2.75, 3.05) is 18.0 Å². The number of hydrogen-bond acceptors (Lipinski definition) is 9. The number of aryl methyl sites for hydroxylation is 3. The van der Waals surface area contributed by atoms with Gasteiger partial charge < -0.3 is 9.64 Å². The van der Waals surface area contributed by atoms with Gasteiger partial charge in [-0.05, 0) is 101 Å². The number of carbonyl (C=O) groups is 2. The molecule has 0 radical (unpaired) electrons. The topological polar surface area (TPSA) is 101 Å². The molecule has 0 aliphatic carbocycles. The molecule has 0 unspecified atom stereocenters. The van der Waals surface area contributed by atoms with Crippen LogP contribution in [0.25, 0.3) is 31.8 Å². The van der Waals surface area contributed by atoms with E-state index in [1.54, 1.807) is 33.4 Å². The Kier molecular flexibility index (Phi) is 8.60. The van der Waals surface area contributed by atoms with Crippen LogP contribution in [0.5, 0.6) is 0 Å². The number of aromatic nitrogens is 4. The standard InChI is InChI=1S/C34H35FN6O3S2/c1-19-14-24(28-17-37-20(2)45-28)15-22-11-12-36-30(29(19)22)41(25-8-7-13-40(18-25)33(43)44-34(4,5)6)32(42)26-10-9-23(16-27(26)35)31-39-38-21(3)46-31/h9-12,14-17,25H,7-8,13,18H2,1-6H3/t25-/m1/s1. The van der Waals surface area contributed by atoms with E-state index in [2.05, 4.69) is 27.3 Å². The summed E-state index contributed by atoms with van der Waals surface area (Å²) in [6.07, 6.45) is 4.33. The highest BCUT2D eigenvalue weighted by Gasteiger charge is 2.36. The lowest BCUT2D eigenvalue weighted by atomic mass is 9.98. The van der Waals surface area contributed by atoms with Crippen molar-refractivity contribution in [1.29, 1.82) is 0 Å². The van der Waals surface area contributed by atoms with Gasteiger partial charge in [0, 0.05) is 36.4 Å². The Morgan fingerprint density at radius 1 is 1.00 bits per heavy atom. The maximum Gasteiger partial charge on any atom is 0.410 e. The Labute approximate surface area is 275 Å². The van der Waals surface area contributed by atoms with E-state index in [1.807, 2.05) is 53.8 Å². The van der Waals surface area contributed by atoms with Crippen molar-refractivity contribution in [2.24, 2.45) is 0 Å². The molecule has 9 nitrogen and oxygen atoms in total. The largest absolute Gasteiger partial charge is 0.444 e. The number of hydrogen-bond donors (Lipinski definition) is 0. The first-order valence-corrected chi connectivity index (χ1v) is 16.7. The molecule has 1 fully saturated rings. The second kappa shape index (κ2) is 12.5. The van der Waals surface area contributed by atoms with Crippen LogP contribution in [-0.4, -0.2) is 61.8 Å². The summed E-state index contributed by atoms with van der Waals surface area (Å²) in [5.41, 5.74) is 1.73. The maximum absolute atomic E-state index is 15.9.